The minimum absolute atomic E-state index is 0.0163. The molecule has 0 aliphatic heterocycles. The van der Waals surface area contributed by atoms with Gasteiger partial charge in [-0.1, -0.05) is 20.3 Å². The van der Waals surface area contributed by atoms with Gasteiger partial charge in [-0.15, -0.1) is 0 Å². The first kappa shape index (κ1) is 14.5. The van der Waals surface area contributed by atoms with Gasteiger partial charge in [0.15, 0.2) is 5.60 Å². The number of ether oxygens (including phenoxy) is 1. The van der Waals surface area contributed by atoms with Crippen LogP contribution in [0, 0.1) is 11.8 Å². The molecule has 0 aromatic rings. The molecule has 1 fully saturated rings. The summed E-state index contributed by atoms with van der Waals surface area (Å²) in [6, 6.07) is 0. The van der Waals surface area contributed by atoms with E-state index in [0.29, 0.717) is 12.3 Å². The summed E-state index contributed by atoms with van der Waals surface area (Å²) < 4.78 is 5.73. The molecule has 0 saturated heterocycles. The molecule has 5 atom stereocenters. The Bertz CT molecular complexity index is 277. The van der Waals surface area contributed by atoms with Crippen LogP contribution in [0.4, 0.5) is 0 Å². The second kappa shape index (κ2) is 5.36. The highest BCUT2D eigenvalue weighted by atomic mass is 16.5. The first-order valence-electron chi connectivity index (χ1n) is 6.39. The quantitative estimate of drug-likeness (QED) is 0.794. The summed E-state index contributed by atoms with van der Waals surface area (Å²) in [4.78, 5) is 11.6. The fraction of sp³-hybridized carbons (Fsp3) is 0.923. The van der Waals surface area contributed by atoms with Crippen molar-refractivity contribution in [2.45, 2.75) is 64.8 Å². The minimum atomic E-state index is -1.13. The minimum Gasteiger partial charge on any atom is -0.479 e. The van der Waals surface area contributed by atoms with E-state index >= 15 is 0 Å². The zero-order chi connectivity index (χ0) is 13.2. The number of aliphatic carboxylic acids is 1. The third-order valence-electron chi connectivity index (χ3n) is 3.98. The Balaban J connectivity index is 2.91. The Hall–Kier alpha value is -0.610. The predicted molar refractivity (Wildman–Crippen MR) is 64.8 cm³/mol. The molecule has 0 aromatic heterocycles. The molecule has 1 aliphatic rings. The van der Waals surface area contributed by atoms with Crippen LogP contribution in [0.5, 0.6) is 0 Å². The number of rotatable bonds is 4. The summed E-state index contributed by atoms with van der Waals surface area (Å²) in [6.45, 7) is 7.33. The summed E-state index contributed by atoms with van der Waals surface area (Å²) in [7, 11) is 0. The Labute approximate surface area is 103 Å². The normalized spacial score (nSPS) is 37.5. The number of aliphatic hydroxyl groups excluding tert-OH is 1. The maximum atomic E-state index is 11.6. The van der Waals surface area contributed by atoms with Crippen molar-refractivity contribution in [2.75, 3.05) is 0 Å². The van der Waals surface area contributed by atoms with Crippen molar-refractivity contribution in [2.24, 2.45) is 11.8 Å². The van der Waals surface area contributed by atoms with Crippen molar-refractivity contribution in [3.63, 3.8) is 0 Å². The van der Waals surface area contributed by atoms with Gasteiger partial charge in [-0.3, -0.25) is 0 Å². The lowest BCUT2D eigenvalue weighted by molar-refractivity contribution is -0.200. The molecule has 0 bridgehead atoms. The second-order valence-electron chi connectivity index (χ2n) is 5.55. The van der Waals surface area contributed by atoms with E-state index in [1.54, 1.807) is 13.8 Å². The van der Waals surface area contributed by atoms with Crippen LogP contribution in [0.3, 0.4) is 0 Å². The van der Waals surface area contributed by atoms with Crippen molar-refractivity contribution >= 4 is 5.97 Å². The van der Waals surface area contributed by atoms with Crippen LogP contribution in [-0.2, 0) is 9.53 Å². The number of carbonyl (C=O) groups is 1. The number of aliphatic hydroxyl groups is 1. The van der Waals surface area contributed by atoms with Crippen molar-refractivity contribution < 1.29 is 19.7 Å². The Kier molecular flexibility index (Phi) is 4.55. The van der Waals surface area contributed by atoms with E-state index in [-0.39, 0.29) is 5.92 Å². The molecule has 2 N–H and O–H groups in total. The highest BCUT2D eigenvalue weighted by Gasteiger charge is 2.49. The van der Waals surface area contributed by atoms with E-state index in [9.17, 15) is 15.0 Å². The molecule has 0 amide bonds. The number of carboxylic acids is 1. The zero-order valence-electron chi connectivity index (χ0n) is 11.1. The number of hydrogen-bond acceptors (Lipinski definition) is 3. The molecule has 1 aliphatic carbocycles. The molecule has 1 rings (SSSR count). The molecule has 5 unspecified atom stereocenters. The maximum absolute atomic E-state index is 11.6. The molecule has 100 valence electrons. The molecule has 0 heterocycles. The third kappa shape index (κ3) is 2.99. The Morgan fingerprint density at radius 3 is 2.41 bits per heavy atom. The zero-order valence-corrected chi connectivity index (χ0v) is 11.1. The summed E-state index contributed by atoms with van der Waals surface area (Å²) in [5, 5.41) is 19.0. The van der Waals surface area contributed by atoms with E-state index in [1.807, 2.05) is 6.92 Å². The van der Waals surface area contributed by atoms with Crippen molar-refractivity contribution in [1.29, 1.82) is 0 Å². The molecule has 4 heteroatoms. The largest absolute Gasteiger partial charge is 0.479 e. The van der Waals surface area contributed by atoms with Gasteiger partial charge < -0.3 is 14.9 Å². The summed E-state index contributed by atoms with van der Waals surface area (Å²) >= 11 is 0. The Morgan fingerprint density at radius 1 is 1.35 bits per heavy atom. The van der Waals surface area contributed by atoms with Gasteiger partial charge in [-0.05, 0) is 38.5 Å². The standard InChI is InChI=1S/C13H24O4/c1-8-5-6-9(2)13(7-8,12(15)16)17-11(4)10(3)14/h8-11,14H,5-7H2,1-4H3,(H,15,16). The molecule has 0 aromatic carbocycles. The number of hydrogen-bond donors (Lipinski definition) is 2. The summed E-state index contributed by atoms with van der Waals surface area (Å²) in [6.07, 6.45) is 1.32. The van der Waals surface area contributed by atoms with E-state index in [2.05, 4.69) is 6.92 Å². The van der Waals surface area contributed by atoms with Crippen molar-refractivity contribution in [1.82, 2.24) is 0 Å². The molecule has 4 nitrogen and oxygen atoms in total. The van der Waals surface area contributed by atoms with Gasteiger partial charge in [0.1, 0.15) is 0 Å². The lowest BCUT2D eigenvalue weighted by Gasteiger charge is -2.43. The van der Waals surface area contributed by atoms with E-state index in [1.165, 1.54) is 0 Å². The van der Waals surface area contributed by atoms with Gasteiger partial charge in [-0.2, -0.15) is 0 Å². The highest BCUT2D eigenvalue weighted by molar-refractivity contribution is 5.78. The van der Waals surface area contributed by atoms with Crippen LogP contribution in [-0.4, -0.2) is 34.0 Å². The van der Waals surface area contributed by atoms with Gasteiger partial charge in [0.05, 0.1) is 12.2 Å². The van der Waals surface area contributed by atoms with Crippen LogP contribution in [0.25, 0.3) is 0 Å². The molecule has 17 heavy (non-hydrogen) atoms. The van der Waals surface area contributed by atoms with E-state index in [0.717, 1.165) is 12.8 Å². The van der Waals surface area contributed by atoms with Crippen LogP contribution in [0.2, 0.25) is 0 Å². The van der Waals surface area contributed by atoms with Crippen LogP contribution in [0.1, 0.15) is 47.0 Å². The third-order valence-corrected chi connectivity index (χ3v) is 3.98. The second-order valence-corrected chi connectivity index (χ2v) is 5.55. The predicted octanol–water partition coefficient (Wildman–Crippen LogP) is 2.05. The van der Waals surface area contributed by atoms with Gasteiger partial charge in [0, 0.05) is 0 Å². The van der Waals surface area contributed by atoms with Crippen LogP contribution in [0.15, 0.2) is 0 Å². The van der Waals surface area contributed by atoms with Crippen molar-refractivity contribution in [3.05, 3.63) is 0 Å². The highest BCUT2D eigenvalue weighted by Crippen LogP contribution is 2.40. The van der Waals surface area contributed by atoms with Gasteiger partial charge >= 0.3 is 5.97 Å². The van der Waals surface area contributed by atoms with Gasteiger partial charge in [-0.25, -0.2) is 4.79 Å². The fourth-order valence-electron chi connectivity index (χ4n) is 2.53. The van der Waals surface area contributed by atoms with Crippen LogP contribution >= 0.6 is 0 Å². The number of carboxylic acid groups (broad SMARTS) is 1. The first-order valence-corrected chi connectivity index (χ1v) is 6.39. The molecule has 0 spiro atoms. The molecular formula is C13H24O4. The summed E-state index contributed by atoms with van der Waals surface area (Å²) in [5.74, 6) is -0.565. The molecule has 1 saturated carbocycles. The van der Waals surface area contributed by atoms with Gasteiger partial charge in [0.2, 0.25) is 0 Å². The van der Waals surface area contributed by atoms with Gasteiger partial charge in [0.25, 0.3) is 0 Å². The monoisotopic (exact) mass is 244 g/mol. The smallest absolute Gasteiger partial charge is 0.336 e. The fourth-order valence-corrected chi connectivity index (χ4v) is 2.53. The van der Waals surface area contributed by atoms with Crippen LogP contribution < -0.4 is 0 Å². The Morgan fingerprint density at radius 2 is 1.94 bits per heavy atom. The van der Waals surface area contributed by atoms with E-state index in [4.69, 9.17) is 4.74 Å². The SMILES string of the molecule is CC1CCC(C)C(OC(C)C(C)O)(C(=O)O)C1. The van der Waals surface area contributed by atoms with Crippen molar-refractivity contribution in [3.8, 4) is 0 Å². The lowest BCUT2D eigenvalue weighted by Crippen LogP contribution is -2.53. The topological polar surface area (TPSA) is 66.8 Å². The molecular weight excluding hydrogens is 220 g/mol. The first-order chi connectivity index (χ1) is 7.79. The molecule has 0 radical (unpaired) electrons. The summed E-state index contributed by atoms with van der Waals surface area (Å²) in [5.41, 5.74) is -1.13. The maximum Gasteiger partial charge on any atom is 0.336 e. The average Bonchev–Trinajstić information content (AvgIpc) is 2.22. The average molecular weight is 244 g/mol. The lowest BCUT2D eigenvalue weighted by atomic mass is 9.71. The van der Waals surface area contributed by atoms with E-state index < -0.39 is 23.8 Å².